The highest BCUT2D eigenvalue weighted by atomic mass is 32.2. The monoisotopic (exact) mass is 272 g/mol. The van der Waals surface area contributed by atoms with Crippen LogP contribution >= 0.6 is 23.1 Å². The smallest absolute Gasteiger partial charge is 0.232 e. The fraction of sp³-hybridized carbons (Fsp3) is 0.583. The van der Waals surface area contributed by atoms with Crippen molar-refractivity contribution in [2.45, 2.75) is 25.9 Å². The molecule has 0 saturated heterocycles. The average molecular weight is 272 g/mol. The normalized spacial score (nSPS) is 11.5. The molecule has 0 saturated carbocycles. The average Bonchev–Trinajstić information content (AvgIpc) is 2.68. The fourth-order valence-electron chi connectivity index (χ4n) is 1.26. The fourth-order valence-corrected chi connectivity index (χ4v) is 2.94. The lowest BCUT2D eigenvalue weighted by Gasteiger charge is -2.19. The molecule has 17 heavy (non-hydrogen) atoms. The first-order valence-corrected chi connectivity index (χ1v) is 7.60. The van der Waals surface area contributed by atoms with Crippen molar-refractivity contribution in [2.75, 3.05) is 18.6 Å². The lowest BCUT2D eigenvalue weighted by molar-refractivity contribution is -0.127. The molecule has 0 aromatic carbocycles. The highest BCUT2D eigenvalue weighted by Gasteiger charge is 2.14. The van der Waals surface area contributed by atoms with E-state index in [-0.39, 0.29) is 11.4 Å². The minimum atomic E-state index is -0.211. The molecule has 0 aliphatic heterocycles. The van der Waals surface area contributed by atoms with Crippen molar-refractivity contribution in [2.24, 2.45) is 5.73 Å². The molecule has 0 fully saturated rings. The minimum Gasteiger partial charge on any atom is -0.341 e. The third-order valence-corrected chi connectivity index (χ3v) is 4.26. The maximum Gasteiger partial charge on any atom is 0.232 e. The van der Waals surface area contributed by atoms with E-state index in [0.29, 0.717) is 12.3 Å². The SMILES string of the molecule is CN(Cc1ccsc1)C(=O)CSCC(C)(C)N. The molecule has 1 rings (SSSR count). The topological polar surface area (TPSA) is 46.3 Å². The highest BCUT2D eigenvalue weighted by molar-refractivity contribution is 8.00. The zero-order valence-electron chi connectivity index (χ0n) is 10.6. The van der Waals surface area contributed by atoms with Gasteiger partial charge in [0.25, 0.3) is 0 Å². The van der Waals surface area contributed by atoms with E-state index in [1.807, 2.05) is 32.3 Å². The van der Waals surface area contributed by atoms with E-state index in [1.165, 1.54) is 5.56 Å². The van der Waals surface area contributed by atoms with Crippen LogP contribution in [0.3, 0.4) is 0 Å². The summed E-state index contributed by atoms with van der Waals surface area (Å²) in [6.45, 7) is 4.63. The van der Waals surface area contributed by atoms with Crippen LogP contribution in [0.1, 0.15) is 19.4 Å². The Bertz CT molecular complexity index is 344. The van der Waals surface area contributed by atoms with Gasteiger partial charge < -0.3 is 10.6 Å². The molecule has 2 N–H and O–H groups in total. The van der Waals surface area contributed by atoms with Gasteiger partial charge in [0, 0.05) is 24.9 Å². The molecule has 1 aromatic heterocycles. The molecule has 0 atom stereocenters. The summed E-state index contributed by atoms with van der Waals surface area (Å²) in [5.74, 6) is 1.46. The van der Waals surface area contributed by atoms with Gasteiger partial charge in [-0.2, -0.15) is 23.1 Å². The van der Waals surface area contributed by atoms with Gasteiger partial charge in [-0.15, -0.1) is 0 Å². The maximum absolute atomic E-state index is 11.8. The van der Waals surface area contributed by atoms with Crippen molar-refractivity contribution < 1.29 is 4.79 Å². The van der Waals surface area contributed by atoms with Gasteiger partial charge in [0.15, 0.2) is 0 Å². The molecule has 1 heterocycles. The number of hydrogen-bond donors (Lipinski definition) is 1. The van der Waals surface area contributed by atoms with Crippen LogP contribution in [0, 0.1) is 0 Å². The van der Waals surface area contributed by atoms with E-state index in [4.69, 9.17) is 5.73 Å². The summed E-state index contributed by atoms with van der Waals surface area (Å²) in [6, 6.07) is 2.05. The first-order chi connectivity index (χ1) is 7.88. The summed E-state index contributed by atoms with van der Waals surface area (Å²) in [5, 5.41) is 4.10. The third-order valence-electron chi connectivity index (χ3n) is 2.13. The number of hydrogen-bond acceptors (Lipinski definition) is 4. The third kappa shape index (κ3) is 6.10. The lowest BCUT2D eigenvalue weighted by atomic mass is 10.1. The van der Waals surface area contributed by atoms with Gasteiger partial charge in [-0.3, -0.25) is 4.79 Å². The zero-order valence-corrected chi connectivity index (χ0v) is 12.2. The highest BCUT2D eigenvalue weighted by Crippen LogP contribution is 2.12. The van der Waals surface area contributed by atoms with E-state index in [0.717, 1.165) is 5.75 Å². The van der Waals surface area contributed by atoms with Crippen molar-refractivity contribution in [3.63, 3.8) is 0 Å². The quantitative estimate of drug-likeness (QED) is 0.863. The summed E-state index contributed by atoms with van der Waals surface area (Å²) < 4.78 is 0. The molecule has 3 nitrogen and oxygen atoms in total. The van der Waals surface area contributed by atoms with Gasteiger partial charge in [0.05, 0.1) is 5.75 Å². The number of rotatable bonds is 6. The Kier molecular flexibility index (Phi) is 5.49. The number of carbonyl (C=O) groups excluding carboxylic acids is 1. The number of thioether (sulfide) groups is 1. The van der Waals surface area contributed by atoms with E-state index in [1.54, 1.807) is 28.0 Å². The number of nitrogens with zero attached hydrogens (tertiary/aromatic N) is 1. The summed E-state index contributed by atoms with van der Waals surface area (Å²) in [6.07, 6.45) is 0. The largest absolute Gasteiger partial charge is 0.341 e. The standard InChI is InChI=1S/C12H20N2OS2/c1-12(2,13)9-17-8-11(15)14(3)6-10-4-5-16-7-10/h4-5,7H,6,8-9,13H2,1-3H3. The molecule has 96 valence electrons. The predicted molar refractivity (Wildman–Crippen MR) is 76.4 cm³/mol. The van der Waals surface area contributed by atoms with Crippen molar-refractivity contribution in [3.8, 4) is 0 Å². The number of amides is 1. The summed E-state index contributed by atoms with van der Waals surface area (Å²) in [5.41, 5.74) is 6.84. The van der Waals surface area contributed by atoms with Gasteiger partial charge in [0.1, 0.15) is 0 Å². The lowest BCUT2D eigenvalue weighted by Crippen LogP contribution is -2.36. The first-order valence-electron chi connectivity index (χ1n) is 5.50. The predicted octanol–water partition coefficient (Wildman–Crippen LogP) is 2.18. The van der Waals surface area contributed by atoms with Crippen LogP contribution < -0.4 is 5.73 Å². The van der Waals surface area contributed by atoms with Crippen LogP contribution in [0.4, 0.5) is 0 Å². The van der Waals surface area contributed by atoms with Gasteiger partial charge in [-0.1, -0.05) is 0 Å². The Morgan fingerprint density at radius 3 is 2.82 bits per heavy atom. The molecular weight excluding hydrogens is 252 g/mol. The second-order valence-corrected chi connectivity index (χ2v) is 6.63. The Hall–Kier alpha value is -0.520. The number of thiophene rings is 1. The van der Waals surface area contributed by atoms with Gasteiger partial charge in [0.2, 0.25) is 5.91 Å². The molecule has 0 unspecified atom stereocenters. The Labute approximate surface area is 111 Å². The molecule has 1 aromatic rings. The van der Waals surface area contributed by atoms with E-state index < -0.39 is 0 Å². The van der Waals surface area contributed by atoms with Crippen molar-refractivity contribution in [1.82, 2.24) is 4.90 Å². The van der Waals surface area contributed by atoms with Crippen LogP contribution in [0.5, 0.6) is 0 Å². The minimum absolute atomic E-state index is 0.158. The second-order valence-electron chi connectivity index (χ2n) is 4.86. The summed E-state index contributed by atoms with van der Waals surface area (Å²) in [7, 11) is 1.84. The molecular formula is C12H20N2OS2. The van der Waals surface area contributed by atoms with Crippen LogP contribution in [-0.2, 0) is 11.3 Å². The Morgan fingerprint density at radius 1 is 1.59 bits per heavy atom. The molecule has 0 aliphatic rings. The van der Waals surface area contributed by atoms with E-state index in [9.17, 15) is 4.79 Å². The summed E-state index contributed by atoms with van der Waals surface area (Å²) in [4.78, 5) is 13.6. The summed E-state index contributed by atoms with van der Waals surface area (Å²) >= 11 is 3.25. The van der Waals surface area contributed by atoms with Crippen molar-refractivity contribution >= 4 is 29.0 Å². The molecule has 5 heteroatoms. The van der Waals surface area contributed by atoms with Crippen molar-refractivity contribution in [3.05, 3.63) is 22.4 Å². The molecule has 0 radical (unpaired) electrons. The van der Waals surface area contributed by atoms with Gasteiger partial charge >= 0.3 is 0 Å². The van der Waals surface area contributed by atoms with Crippen molar-refractivity contribution in [1.29, 1.82) is 0 Å². The van der Waals surface area contributed by atoms with Crippen LogP contribution in [-0.4, -0.2) is 34.9 Å². The molecule has 1 amide bonds. The Morgan fingerprint density at radius 2 is 2.29 bits per heavy atom. The first kappa shape index (κ1) is 14.5. The van der Waals surface area contributed by atoms with Crippen LogP contribution in [0.25, 0.3) is 0 Å². The Balaban J connectivity index is 2.28. The van der Waals surface area contributed by atoms with Gasteiger partial charge in [-0.25, -0.2) is 0 Å². The zero-order chi connectivity index (χ0) is 12.9. The second kappa shape index (κ2) is 6.42. The molecule has 0 aliphatic carbocycles. The molecule has 0 bridgehead atoms. The van der Waals surface area contributed by atoms with E-state index in [2.05, 4.69) is 5.38 Å². The van der Waals surface area contributed by atoms with Gasteiger partial charge in [-0.05, 0) is 36.2 Å². The maximum atomic E-state index is 11.8. The molecule has 0 spiro atoms. The van der Waals surface area contributed by atoms with Crippen LogP contribution in [0.15, 0.2) is 16.8 Å². The van der Waals surface area contributed by atoms with Crippen LogP contribution in [0.2, 0.25) is 0 Å². The number of nitrogens with two attached hydrogens (primary N) is 1. The van der Waals surface area contributed by atoms with E-state index >= 15 is 0 Å². The number of carbonyl (C=O) groups is 1.